The zero-order valence-electron chi connectivity index (χ0n) is 18.6. The zero-order valence-corrected chi connectivity index (χ0v) is 19.5. The molecule has 3 rings (SSSR count). The van der Waals surface area contributed by atoms with Gasteiger partial charge in [0.15, 0.2) is 0 Å². The monoisotopic (exact) mass is 436 g/mol. The number of rotatable bonds is 12. The van der Waals surface area contributed by atoms with Gasteiger partial charge in [-0.2, -0.15) is 0 Å². The van der Waals surface area contributed by atoms with Gasteiger partial charge in [0.25, 0.3) is 0 Å². The Morgan fingerprint density at radius 3 is 1.81 bits per heavy atom. The van der Waals surface area contributed by atoms with Gasteiger partial charge in [0.05, 0.1) is 21.4 Å². The average Bonchev–Trinajstić information content (AvgIpc) is 2.80. The van der Waals surface area contributed by atoms with Crippen LogP contribution in [0.3, 0.4) is 0 Å². The van der Waals surface area contributed by atoms with E-state index in [0.717, 1.165) is 54.5 Å². The third kappa shape index (κ3) is 7.01. The Balaban J connectivity index is 1.70. The molecule has 3 aromatic rings. The lowest BCUT2D eigenvalue weighted by molar-refractivity contribution is 0.387. The molecule has 0 bridgehead atoms. The van der Waals surface area contributed by atoms with Crippen LogP contribution in [-0.4, -0.2) is 20.4 Å². The van der Waals surface area contributed by atoms with E-state index in [4.69, 9.17) is 9.47 Å². The van der Waals surface area contributed by atoms with Crippen molar-refractivity contribution in [3.63, 3.8) is 0 Å². The van der Waals surface area contributed by atoms with Crippen molar-refractivity contribution in [3.8, 4) is 11.5 Å². The molecule has 4 heteroatoms. The molecule has 0 aliphatic heterocycles. The molecule has 1 atom stereocenters. The lowest BCUT2D eigenvalue weighted by Gasteiger charge is -2.21. The van der Waals surface area contributed by atoms with E-state index in [0.29, 0.717) is 12.3 Å². The summed E-state index contributed by atoms with van der Waals surface area (Å²) in [6.07, 6.45) is 6.07. The third-order valence-electron chi connectivity index (χ3n) is 5.66. The Hall–Kier alpha value is -2.51. The molecular formula is C27H33O3P. The molecule has 3 aromatic carbocycles. The minimum atomic E-state index is -2.52. The standard InChI is InChI=1S/C27H33O3P/c1-29-26-18-12-19-27(30-2)25(26)22-31(28,21-24-16-8-4-9-17-24)20-11-5-10-15-23-13-6-3-7-14-23/h3-4,6-9,12-14,16-19H,5,10-11,15,20-22H2,1-2H3. The van der Waals surface area contributed by atoms with E-state index < -0.39 is 7.14 Å². The van der Waals surface area contributed by atoms with Crippen LogP contribution in [0.4, 0.5) is 0 Å². The smallest absolute Gasteiger partial charge is 0.126 e. The second-order valence-electron chi connectivity index (χ2n) is 8.02. The highest BCUT2D eigenvalue weighted by molar-refractivity contribution is 7.62. The van der Waals surface area contributed by atoms with Crippen LogP contribution in [0, 0.1) is 0 Å². The molecule has 0 fully saturated rings. The normalized spacial score (nSPS) is 12.8. The molecule has 0 saturated heterocycles. The van der Waals surface area contributed by atoms with Gasteiger partial charge >= 0.3 is 0 Å². The number of aryl methyl sites for hydroxylation is 1. The quantitative estimate of drug-likeness (QED) is 0.223. The summed E-state index contributed by atoms with van der Waals surface area (Å²) in [7, 11) is 0.798. The second-order valence-corrected chi connectivity index (χ2v) is 11.2. The minimum Gasteiger partial charge on any atom is -0.496 e. The molecule has 164 valence electrons. The maximum atomic E-state index is 14.2. The van der Waals surface area contributed by atoms with Crippen molar-refractivity contribution in [2.75, 3.05) is 20.4 Å². The molecule has 31 heavy (non-hydrogen) atoms. The lowest BCUT2D eigenvalue weighted by Crippen LogP contribution is -2.03. The lowest BCUT2D eigenvalue weighted by atomic mass is 10.1. The van der Waals surface area contributed by atoms with E-state index in [1.807, 2.05) is 36.4 Å². The van der Waals surface area contributed by atoms with Crippen molar-refractivity contribution in [1.29, 1.82) is 0 Å². The molecule has 0 spiro atoms. The van der Waals surface area contributed by atoms with Gasteiger partial charge in [-0.05, 0) is 42.5 Å². The summed E-state index contributed by atoms with van der Waals surface area (Å²) in [5, 5.41) is 0. The Bertz CT molecular complexity index is 948. The summed E-state index contributed by atoms with van der Waals surface area (Å²) in [4.78, 5) is 0. The van der Waals surface area contributed by atoms with Crippen LogP contribution in [0.25, 0.3) is 0 Å². The van der Waals surface area contributed by atoms with Crippen molar-refractivity contribution in [2.24, 2.45) is 0 Å². The molecular weight excluding hydrogens is 403 g/mol. The van der Waals surface area contributed by atoms with Crippen molar-refractivity contribution in [1.82, 2.24) is 0 Å². The van der Waals surface area contributed by atoms with Crippen molar-refractivity contribution >= 4 is 7.14 Å². The van der Waals surface area contributed by atoms with Gasteiger partial charge in [0.1, 0.15) is 11.5 Å². The first-order valence-electron chi connectivity index (χ1n) is 11.0. The molecule has 0 aliphatic carbocycles. The fourth-order valence-corrected chi connectivity index (χ4v) is 7.04. The Morgan fingerprint density at radius 1 is 0.645 bits per heavy atom. The SMILES string of the molecule is COc1cccc(OC)c1CP(=O)(CCCCCc1ccccc1)Cc1ccccc1. The summed E-state index contributed by atoms with van der Waals surface area (Å²) in [6.45, 7) is 0. The van der Waals surface area contributed by atoms with Crippen LogP contribution in [0.1, 0.15) is 36.0 Å². The summed E-state index contributed by atoms with van der Waals surface area (Å²) < 4.78 is 25.4. The summed E-state index contributed by atoms with van der Waals surface area (Å²) in [6, 6.07) is 26.5. The van der Waals surface area contributed by atoms with Gasteiger partial charge in [-0.3, -0.25) is 0 Å². The highest BCUT2D eigenvalue weighted by Gasteiger charge is 2.26. The minimum absolute atomic E-state index is 0.494. The molecule has 0 saturated carbocycles. The van der Waals surface area contributed by atoms with Gasteiger partial charge in [-0.15, -0.1) is 0 Å². The fourth-order valence-electron chi connectivity index (χ4n) is 4.05. The van der Waals surface area contributed by atoms with E-state index >= 15 is 0 Å². The van der Waals surface area contributed by atoms with E-state index in [2.05, 4.69) is 42.5 Å². The van der Waals surface area contributed by atoms with Gasteiger partial charge in [0.2, 0.25) is 0 Å². The average molecular weight is 437 g/mol. The first kappa shape index (κ1) is 23.2. The topological polar surface area (TPSA) is 35.5 Å². The van der Waals surface area contributed by atoms with E-state index in [1.54, 1.807) is 14.2 Å². The molecule has 0 N–H and O–H groups in total. The van der Waals surface area contributed by atoms with E-state index in [9.17, 15) is 4.57 Å². The first-order chi connectivity index (χ1) is 15.1. The van der Waals surface area contributed by atoms with Crippen molar-refractivity contribution in [3.05, 3.63) is 95.6 Å². The number of methoxy groups -OCH3 is 2. The van der Waals surface area contributed by atoms with Crippen LogP contribution < -0.4 is 9.47 Å². The second kappa shape index (κ2) is 11.8. The fraction of sp³-hybridized carbons (Fsp3) is 0.333. The molecule has 0 aromatic heterocycles. The van der Waals surface area contributed by atoms with Crippen LogP contribution >= 0.6 is 7.14 Å². The summed E-state index contributed by atoms with van der Waals surface area (Å²) >= 11 is 0. The summed E-state index contributed by atoms with van der Waals surface area (Å²) in [5.41, 5.74) is 3.41. The predicted molar refractivity (Wildman–Crippen MR) is 130 cm³/mol. The molecule has 0 aliphatic rings. The van der Waals surface area contributed by atoms with Gasteiger partial charge < -0.3 is 14.0 Å². The molecule has 0 radical (unpaired) electrons. The highest BCUT2D eigenvalue weighted by Crippen LogP contribution is 2.55. The maximum absolute atomic E-state index is 14.2. The van der Waals surface area contributed by atoms with Crippen LogP contribution in [0.2, 0.25) is 0 Å². The van der Waals surface area contributed by atoms with Crippen LogP contribution in [-0.2, 0) is 23.3 Å². The number of ether oxygens (including phenoxy) is 2. The highest BCUT2D eigenvalue weighted by atomic mass is 31.2. The van der Waals surface area contributed by atoms with Crippen molar-refractivity contribution < 1.29 is 14.0 Å². The predicted octanol–water partition coefficient (Wildman–Crippen LogP) is 7.18. The van der Waals surface area contributed by atoms with Crippen LogP contribution in [0.15, 0.2) is 78.9 Å². The summed E-state index contributed by atoms with van der Waals surface area (Å²) in [5.74, 6) is 1.49. The maximum Gasteiger partial charge on any atom is 0.126 e. The molecule has 3 nitrogen and oxygen atoms in total. The van der Waals surface area contributed by atoms with Crippen molar-refractivity contribution in [2.45, 2.75) is 38.0 Å². The number of hydrogen-bond donors (Lipinski definition) is 0. The Morgan fingerprint density at radius 2 is 1.23 bits per heavy atom. The van der Waals surface area contributed by atoms with E-state index in [-0.39, 0.29) is 0 Å². The van der Waals surface area contributed by atoms with E-state index in [1.165, 1.54) is 5.56 Å². The molecule has 1 unspecified atom stereocenters. The number of hydrogen-bond acceptors (Lipinski definition) is 3. The van der Waals surface area contributed by atoms with Gasteiger partial charge in [-0.1, -0.05) is 73.2 Å². The largest absolute Gasteiger partial charge is 0.496 e. The zero-order chi connectivity index (χ0) is 21.9. The molecule has 0 heterocycles. The van der Waals surface area contributed by atoms with Gasteiger partial charge in [-0.25, -0.2) is 0 Å². The Labute approximate surface area is 186 Å². The Kier molecular flexibility index (Phi) is 8.79. The van der Waals surface area contributed by atoms with Gasteiger partial charge in [0, 0.05) is 24.0 Å². The van der Waals surface area contributed by atoms with Crippen LogP contribution in [0.5, 0.6) is 11.5 Å². The third-order valence-corrected chi connectivity index (χ3v) is 8.63. The number of benzene rings is 3. The molecule has 0 amide bonds. The first-order valence-corrected chi connectivity index (χ1v) is 13.2. The number of unbranched alkanes of at least 4 members (excludes halogenated alkanes) is 2.